The van der Waals surface area contributed by atoms with E-state index in [2.05, 4.69) is 96.2 Å². The predicted octanol–water partition coefficient (Wildman–Crippen LogP) is 14.1. The van der Waals surface area contributed by atoms with Gasteiger partial charge in [-0.2, -0.15) is 0 Å². The van der Waals surface area contributed by atoms with Crippen molar-refractivity contribution in [3.63, 3.8) is 0 Å². The maximum absolute atomic E-state index is 12.8. The molecule has 4 aliphatic rings. The molecule has 3 fully saturated rings. The van der Waals surface area contributed by atoms with Crippen LogP contribution in [0.1, 0.15) is 176 Å². The van der Waals surface area contributed by atoms with Crippen LogP contribution in [-0.2, 0) is 9.53 Å². The van der Waals surface area contributed by atoms with Crippen molar-refractivity contribution in [2.75, 3.05) is 0 Å². The average molecular weight is 673 g/mol. The van der Waals surface area contributed by atoms with Crippen LogP contribution >= 0.6 is 0 Å². The molecule has 0 radical (unpaired) electrons. The minimum atomic E-state index is 0.00622. The molecule has 0 amide bonds. The number of allylic oxidation sites excluding steroid dienone is 9. The van der Waals surface area contributed by atoms with Gasteiger partial charge in [0, 0.05) is 12.8 Å². The van der Waals surface area contributed by atoms with Gasteiger partial charge in [0.2, 0.25) is 0 Å². The van der Waals surface area contributed by atoms with Crippen LogP contribution in [0.25, 0.3) is 0 Å². The molecule has 1 unspecified atom stereocenters. The van der Waals surface area contributed by atoms with Crippen molar-refractivity contribution in [2.24, 2.45) is 46.3 Å². The van der Waals surface area contributed by atoms with E-state index in [0.717, 1.165) is 80.5 Å². The van der Waals surface area contributed by atoms with E-state index >= 15 is 0 Å². The van der Waals surface area contributed by atoms with Crippen molar-refractivity contribution in [3.05, 3.63) is 60.3 Å². The van der Waals surface area contributed by atoms with Gasteiger partial charge in [0.25, 0.3) is 0 Å². The molecule has 4 rings (SSSR count). The van der Waals surface area contributed by atoms with Crippen molar-refractivity contribution in [1.29, 1.82) is 0 Å². The molecule has 0 N–H and O–H groups in total. The number of esters is 1. The Hall–Kier alpha value is -1.83. The largest absolute Gasteiger partial charge is 0.462 e. The number of hydrogen-bond donors (Lipinski definition) is 0. The van der Waals surface area contributed by atoms with Crippen molar-refractivity contribution in [3.8, 4) is 0 Å². The molecular weight excluding hydrogens is 597 g/mol. The molecular formula is C47H76O2. The topological polar surface area (TPSA) is 26.3 Å². The Bertz CT molecular complexity index is 1140. The molecule has 2 nitrogen and oxygen atoms in total. The first-order chi connectivity index (χ1) is 23.7. The molecule has 0 saturated heterocycles. The zero-order chi connectivity index (χ0) is 35.1. The van der Waals surface area contributed by atoms with Crippen molar-refractivity contribution in [2.45, 2.75) is 182 Å². The summed E-state index contributed by atoms with van der Waals surface area (Å²) in [7, 11) is 0. The van der Waals surface area contributed by atoms with Crippen LogP contribution in [0.2, 0.25) is 0 Å². The highest BCUT2D eigenvalue weighted by Crippen LogP contribution is 2.67. The van der Waals surface area contributed by atoms with Gasteiger partial charge in [-0.3, -0.25) is 4.79 Å². The van der Waals surface area contributed by atoms with E-state index < -0.39 is 0 Å². The Kier molecular flexibility index (Phi) is 16.5. The second kappa shape index (κ2) is 20.3. The van der Waals surface area contributed by atoms with Gasteiger partial charge < -0.3 is 4.74 Å². The number of carbonyl (C=O) groups is 1. The van der Waals surface area contributed by atoms with Crippen molar-refractivity contribution >= 4 is 5.97 Å². The molecule has 0 aromatic heterocycles. The normalized spacial score (nSPS) is 32.2. The molecule has 0 aromatic rings. The van der Waals surface area contributed by atoms with Gasteiger partial charge in [-0.1, -0.05) is 134 Å². The maximum Gasteiger partial charge on any atom is 0.306 e. The number of rotatable bonds is 20. The quantitative estimate of drug-likeness (QED) is 0.0731. The Morgan fingerprint density at radius 1 is 0.796 bits per heavy atom. The lowest BCUT2D eigenvalue weighted by atomic mass is 9.47. The highest BCUT2D eigenvalue weighted by molar-refractivity contribution is 5.69. The highest BCUT2D eigenvalue weighted by Gasteiger charge is 2.59. The van der Waals surface area contributed by atoms with E-state index in [9.17, 15) is 4.79 Å². The third-order valence-electron chi connectivity index (χ3n) is 13.8. The minimum absolute atomic E-state index is 0.00622. The molecule has 4 aliphatic carbocycles. The van der Waals surface area contributed by atoms with Gasteiger partial charge in [-0.05, 0) is 136 Å². The molecule has 8 atom stereocenters. The molecule has 2 heteroatoms. The summed E-state index contributed by atoms with van der Waals surface area (Å²) in [6, 6.07) is 0. The van der Waals surface area contributed by atoms with E-state index in [-0.39, 0.29) is 12.1 Å². The first kappa shape index (κ1) is 39.9. The van der Waals surface area contributed by atoms with Crippen molar-refractivity contribution < 1.29 is 9.53 Å². The number of hydrogen-bond acceptors (Lipinski definition) is 2. The highest BCUT2D eigenvalue weighted by atomic mass is 16.5. The molecule has 0 spiro atoms. The molecule has 49 heavy (non-hydrogen) atoms. The standard InChI is InChI=1S/C47H76O2/c1-7-8-9-10-11-12-13-14-15-16-17-18-19-20-21-22-23-27-45(48)49-40-32-34-46(5)39(36-40)28-29-41-43-31-30-42(38(4)26-24-25-37(2)3)47(43,6)35-33-44(41)46/h11-12,14-15,17-18,20-21,28,37-38,40-44H,7-10,13,16,19,22-27,29-36H2,1-6H3/b12-11-,15-14-,18-17-,21-20-/t38-,40+,41+,42?,43+,44+,46+,47-/m1/s1. The van der Waals surface area contributed by atoms with Gasteiger partial charge in [0.15, 0.2) is 0 Å². The molecule has 0 aromatic carbocycles. The summed E-state index contributed by atoms with van der Waals surface area (Å²) in [4.78, 5) is 12.8. The van der Waals surface area contributed by atoms with Crippen LogP contribution in [0.4, 0.5) is 0 Å². The van der Waals surface area contributed by atoms with E-state index in [4.69, 9.17) is 4.74 Å². The first-order valence-corrected chi connectivity index (χ1v) is 21.2. The summed E-state index contributed by atoms with van der Waals surface area (Å²) in [6.45, 7) is 14.9. The summed E-state index contributed by atoms with van der Waals surface area (Å²) < 4.78 is 6.10. The van der Waals surface area contributed by atoms with Gasteiger partial charge in [-0.25, -0.2) is 0 Å². The number of fused-ring (bicyclic) bond motifs is 5. The summed E-state index contributed by atoms with van der Waals surface area (Å²) in [5.74, 6) is 5.21. The lowest BCUT2D eigenvalue weighted by Gasteiger charge is -2.58. The average Bonchev–Trinajstić information content (AvgIpc) is 3.43. The minimum Gasteiger partial charge on any atom is -0.462 e. The van der Waals surface area contributed by atoms with E-state index in [0.29, 0.717) is 17.3 Å². The smallest absolute Gasteiger partial charge is 0.306 e. The first-order valence-electron chi connectivity index (χ1n) is 21.2. The molecule has 0 heterocycles. The van der Waals surface area contributed by atoms with Gasteiger partial charge in [-0.15, -0.1) is 0 Å². The van der Waals surface area contributed by atoms with E-state index in [1.54, 1.807) is 5.57 Å². The summed E-state index contributed by atoms with van der Waals surface area (Å²) in [5, 5.41) is 0. The van der Waals surface area contributed by atoms with Crippen molar-refractivity contribution in [1.82, 2.24) is 0 Å². The fourth-order valence-electron chi connectivity index (χ4n) is 10.9. The van der Waals surface area contributed by atoms with Crippen LogP contribution in [0, 0.1) is 46.3 Å². The monoisotopic (exact) mass is 673 g/mol. The molecule has 0 aliphatic heterocycles. The van der Waals surface area contributed by atoms with E-state index in [1.807, 2.05) is 0 Å². The lowest BCUT2D eigenvalue weighted by Crippen LogP contribution is -2.51. The van der Waals surface area contributed by atoms with Crippen LogP contribution in [0.3, 0.4) is 0 Å². The Morgan fingerprint density at radius 3 is 2.14 bits per heavy atom. The maximum atomic E-state index is 12.8. The second-order valence-corrected chi connectivity index (χ2v) is 17.6. The number of carbonyl (C=O) groups excluding carboxylic acids is 1. The fourth-order valence-corrected chi connectivity index (χ4v) is 10.9. The third-order valence-corrected chi connectivity index (χ3v) is 13.8. The second-order valence-electron chi connectivity index (χ2n) is 17.6. The summed E-state index contributed by atoms with van der Waals surface area (Å²) in [5.41, 5.74) is 2.48. The van der Waals surface area contributed by atoms with Crippen LogP contribution in [0.15, 0.2) is 60.3 Å². The fraction of sp³-hybridized carbons (Fsp3) is 0.766. The van der Waals surface area contributed by atoms with Crippen LogP contribution < -0.4 is 0 Å². The van der Waals surface area contributed by atoms with Gasteiger partial charge in [0.05, 0.1) is 0 Å². The molecule has 3 saturated carbocycles. The SMILES string of the molecule is CCCCC/C=C\C/C=C\C/C=C\C/C=C\CCCC(=O)O[C@H]1CC[C@@]2(C)C(=CC[C@@H]3[C@@H]2CC[C@]2(C)C([C@H](C)CCCC(C)C)CC[C@@H]32)C1. The summed E-state index contributed by atoms with van der Waals surface area (Å²) in [6.07, 6.45) is 45.7. The number of ether oxygens (including phenoxy) is 1. The van der Waals surface area contributed by atoms with Crippen LogP contribution in [-0.4, -0.2) is 12.1 Å². The number of unbranched alkanes of at least 4 members (excludes halogenated alkanes) is 4. The Balaban J connectivity index is 1.13. The van der Waals surface area contributed by atoms with Gasteiger partial charge in [0.1, 0.15) is 6.10 Å². The van der Waals surface area contributed by atoms with Crippen LogP contribution in [0.5, 0.6) is 0 Å². The molecule has 276 valence electrons. The van der Waals surface area contributed by atoms with E-state index in [1.165, 1.54) is 83.5 Å². The third kappa shape index (κ3) is 11.3. The zero-order valence-corrected chi connectivity index (χ0v) is 32.9. The molecule has 0 bridgehead atoms. The Labute approximate surface area is 303 Å². The lowest BCUT2D eigenvalue weighted by molar-refractivity contribution is -0.151. The summed E-state index contributed by atoms with van der Waals surface area (Å²) >= 11 is 0. The van der Waals surface area contributed by atoms with Gasteiger partial charge >= 0.3 is 5.97 Å². The Morgan fingerprint density at radius 2 is 1.47 bits per heavy atom. The zero-order valence-electron chi connectivity index (χ0n) is 32.9. The predicted molar refractivity (Wildman–Crippen MR) is 211 cm³/mol.